The molecule has 108 valence electrons. The maximum absolute atomic E-state index is 12.5. The van der Waals surface area contributed by atoms with Crippen LogP contribution in [0.3, 0.4) is 0 Å². The summed E-state index contributed by atoms with van der Waals surface area (Å²) in [4.78, 5) is 26.0. The smallest absolute Gasteiger partial charge is 0.240 e. The van der Waals surface area contributed by atoms with Gasteiger partial charge in [0.1, 0.15) is 12.6 Å². The molecule has 0 spiro atoms. The van der Waals surface area contributed by atoms with Crippen LogP contribution in [0.5, 0.6) is 0 Å². The molecule has 2 aliphatic rings. The highest BCUT2D eigenvalue weighted by Gasteiger charge is 2.45. The third kappa shape index (κ3) is 3.15. The summed E-state index contributed by atoms with van der Waals surface area (Å²) in [6, 6.07) is -0.931. The van der Waals surface area contributed by atoms with E-state index >= 15 is 0 Å². The lowest BCUT2D eigenvalue weighted by Gasteiger charge is -2.37. The summed E-state index contributed by atoms with van der Waals surface area (Å²) in [5, 5.41) is 0. The molecule has 2 saturated heterocycles. The second kappa shape index (κ2) is 5.21. The van der Waals surface area contributed by atoms with Crippen LogP contribution in [0.4, 0.5) is 0 Å². The highest BCUT2D eigenvalue weighted by molar-refractivity contribution is 5.93. The van der Waals surface area contributed by atoms with Gasteiger partial charge in [0.2, 0.25) is 5.91 Å². The molecule has 3 unspecified atom stereocenters. The molecule has 0 radical (unpaired) electrons. The number of carbonyl (C=O) groups excluding carboxylic acids is 2. The lowest BCUT2D eigenvalue weighted by atomic mass is 9.87. The SMILES string of the molecule is CC(C)(C)CC(N)C(=O)N1CCCC2OCC(=O)C21. The van der Waals surface area contributed by atoms with Gasteiger partial charge in [-0.05, 0) is 24.7 Å². The Morgan fingerprint density at radius 2 is 2.21 bits per heavy atom. The van der Waals surface area contributed by atoms with E-state index in [-0.39, 0.29) is 29.8 Å². The van der Waals surface area contributed by atoms with Crippen LogP contribution >= 0.6 is 0 Å². The van der Waals surface area contributed by atoms with E-state index in [1.807, 2.05) is 0 Å². The molecule has 2 heterocycles. The average molecular weight is 268 g/mol. The van der Waals surface area contributed by atoms with Gasteiger partial charge in [0.25, 0.3) is 0 Å². The predicted molar refractivity (Wildman–Crippen MR) is 71.5 cm³/mol. The number of rotatable bonds is 2. The van der Waals surface area contributed by atoms with E-state index in [4.69, 9.17) is 10.5 Å². The molecular formula is C14H24N2O3. The topological polar surface area (TPSA) is 72.6 Å². The zero-order valence-electron chi connectivity index (χ0n) is 12.0. The van der Waals surface area contributed by atoms with E-state index in [0.717, 1.165) is 12.8 Å². The number of hydrogen-bond donors (Lipinski definition) is 1. The largest absolute Gasteiger partial charge is 0.368 e. The number of ketones is 1. The Balaban J connectivity index is 2.07. The Morgan fingerprint density at radius 3 is 2.84 bits per heavy atom. The van der Waals surface area contributed by atoms with Gasteiger partial charge < -0.3 is 15.4 Å². The van der Waals surface area contributed by atoms with Crippen molar-refractivity contribution >= 4 is 11.7 Å². The van der Waals surface area contributed by atoms with Crippen LogP contribution in [0.25, 0.3) is 0 Å². The zero-order valence-corrected chi connectivity index (χ0v) is 12.0. The Morgan fingerprint density at radius 1 is 1.53 bits per heavy atom. The van der Waals surface area contributed by atoms with Crippen LogP contribution in [-0.2, 0) is 14.3 Å². The molecule has 19 heavy (non-hydrogen) atoms. The predicted octanol–water partition coefficient (Wildman–Crippen LogP) is 0.709. The summed E-state index contributed by atoms with van der Waals surface area (Å²) < 4.78 is 5.45. The number of ether oxygens (including phenoxy) is 1. The van der Waals surface area contributed by atoms with Gasteiger partial charge in [-0.1, -0.05) is 20.8 Å². The molecule has 2 rings (SSSR count). The minimum Gasteiger partial charge on any atom is -0.368 e. The Labute approximate surface area is 114 Å². The van der Waals surface area contributed by atoms with E-state index < -0.39 is 12.1 Å². The maximum Gasteiger partial charge on any atom is 0.240 e. The first-order valence-corrected chi connectivity index (χ1v) is 7.00. The number of carbonyl (C=O) groups is 2. The molecule has 0 aromatic rings. The highest BCUT2D eigenvalue weighted by Crippen LogP contribution is 2.28. The van der Waals surface area contributed by atoms with Crippen molar-refractivity contribution in [3.63, 3.8) is 0 Å². The van der Waals surface area contributed by atoms with Crippen molar-refractivity contribution in [3.8, 4) is 0 Å². The van der Waals surface area contributed by atoms with E-state index in [1.54, 1.807) is 4.90 Å². The molecule has 3 atom stereocenters. The maximum atomic E-state index is 12.5. The monoisotopic (exact) mass is 268 g/mol. The first-order valence-electron chi connectivity index (χ1n) is 7.00. The number of Topliss-reactive ketones (excluding diaryl/α,β-unsaturated/α-hetero) is 1. The molecule has 0 bridgehead atoms. The molecule has 0 aliphatic carbocycles. The second-order valence-electron chi connectivity index (χ2n) is 6.81. The lowest BCUT2D eigenvalue weighted by molar-refractivity contribution is -0.142. The molecule has 2 aliphatic heterocycles. The van der Waals surface area contributed by atoms with Crippen LogP contribution < -0.4 is 5.73 Å². The first kappa shape index (κ1) is 14.5. The summed E-state index contributed by atoms with van der Waals surface area (Å²) in [5.74, 6) is -0.0931. The number of amides is 1. The fourth-order valence-corrected chi connectivity index (χ4v) is 3.00. The van der Waals surface area contributed by atoms with Crippen LogP contribution in [0.15, 0.2) is 0 Å². The second-order valence-corrected chi connectivity index (χ2v) is 6.81. The van der Waals surface area contributed by atoms with Crippen molar-refractivity contribution < 1.29 is 14.3 Å². The van der Waals surface area contributed by atoms with E-state index in [2.05, 4.69) is 20.8 Å². The number of fused-ring (bicyclic) bond motifs is 1. The van der Waals surface area contributed by atoms with Gasteiger partial charge >= 0.3 is 0 Å². The van der Waals surface area contributed by atoms with Gasteiger partial charge in [-0.2, -0.15) is 0 Å². The van der Waals surface area contributed by atoms with Crippen molar-refractivity contribution in [1.82, 2.24) is 4.90 Å². The van der Waals surface area contributed by atoms with Gasteiger partial charge in [0.15, 0.2) is 5.78 Å². The average Bonchev–Trinajstić information content (AvgIpc) is 2.68. The first-order chi connectivity index (χ1) is 8.79. The Kier molecular flexibility index (Phi) is 3.97. The quantitative estimate of drug-likeness (QED) is 0.800. The van der Waals surface area contributed by atoms with E-state index in [1.165, 1.54) is 0 Å². The number of hydrogen-bond acceptors (Lipinski definition) is 4. The number of nitrogens with zero attached hydrogens (tertiary/aromatic N) is 1. The molecule has 0 aromatic heterocycles. The van der Waals surface area contributed by atoms with E-state index in [9.17, 15) is 9.59 Å². The number of nitrogens with two attached hydrogens (primary N) is 1. The third-order valence-electron chi connectivity index (χ3n) is 3.78. The highest BCUT2D eigenvalue weighted by atomic mass is 16.5. The molecule has 2 N–H and O–H groups in total. The van der Waals surface area contributed by atoms with Crippen LogP contribution in [0.2, 0.25) is 0 Å². The summed E-state index contributed by atoms with van der Waals surface area (Å²) in [6.07, 6.45) is 2.23. The fourth-order valence-electron chi connectivity index (χ4n) is 3.00. The van der Waals surface area contributed by atoms with Crippen molar-refractivity contribution in [2.75, 3.05) is 13.2 Å². The van der Waals surface area contributed by atoms with Gasteiger partial charge in [0.05, 0.1) is 12.1 Å². The van der Waals surface area contributed by atoms with Crippen molar-refractivity contribution in [3.05, 3.63) is 0 Å². The normalized spacial score (nSPS) is 29.3. The molecular weight excluding hydrogens is 244 g/mol. The Hall–Kier alpha value is -0.940. The number of piperidine rings is 1. The fraction of sp³-hybridized carbons (Fsp3) is 0.857. The molecule has 1 amide bonds. The van der Waals surface area contributed by atoms with Gasteiger partial charge in [0, 0.05) is 6.54 Å². The van der Waals surface area contributed by atoms with Gasteiger partial charge in [-0.25, -0.2) is 0 Å². The summed E-state index contributed by atoms with van der Waals surface area (Å²) >= 11 is 0. The van der Waals surface area contributed by atoms with Gasteiger partial charge in [-0.15, -0.1) is 0 Å². The minimum absolute atomic E-state index is 0.000446. The van der Waals surface area contributed by atoms with Crippen LogP contribution in [0, 0.1) is 5.41 Å². The third-order valence-corrected chi connectivity index (χ3v) is 3.78. The molecule has 0 saturated carbocycles. The standard InChI is InChI=1S/C14H24N2O3/c1-14(2,3)7-9(15)13(18)16-6-4-5-11-12(16)10(17)8-19-11/h9,11-12H,4-8,15H2,1-3H3. The summed E-state index contributed by atoms with van der Waals surface area (Å²) in [5.41, 5.74) is 6.02. The Bertz CT molecular complexity index is 375. The summed E-state index contributed by atoms with van der Waals surface area (Å²) in [6.45, 7) is 6.93. The van der Waals surface area contributed by atoms with Crippen LogP contribution in [-0.4, -0.2) is 47.9 Å². The molecule has 0 aromatic carbocycles. The molecule has 5 nitrogen and oxygen atoms in total. The van der Waals surface area contributed by atoms with Crippen molar-refractivity contribution in [2.24, 2.45) is 11.1 Å². The van der Waals surface area contributed by atoms with Crippen molar-refractivity contribution in [1.29, 1.82) is 0 Å². The van der Waals surface area contributed by atoms with Gasteiger partial charge in [-0.3, -0.25) is 9.59 Å². The van der Waals surface area contributed by atoms with Crippen molar-refractivity contribution in [2.45, 2.75) is 58.2 Å². The van der Waals surface area contributed by atoms with Crippen LogP contribution in [0.1, 0.15) is 40.0 Å². The number of likely N-dealkylation sites (tertiary alicyclic amines) is 1. The zero-order chi connectivity index (χ0) is 14.2. The molecule has 5 heteroatoms. The molecule has 2 fully saturated rings. The lowest BCUT2D eigenvalue weighted by Crippen LogP contribution is -2.56. The minimum atomic E-state index is -0.535. The summed E-state index contributed by atoms with van der Waals surface area (Å²) in [7, 11) is 0. The van der Waals surface area contributed by atoms with E-state index in [0.29, 0.717) is 13.0 Å².